The van der Waals surface area contributed by atoms with Crippen LogP contribution in [0.2, 0.25) is 0 Å². The van der Waals surface area contributed by atoms with Gasteiger partial charge in [-0.15, -0.1) is 0 Å². The van der Waals surface area contributed by atoms with Crippen LogP contribution in [0.25, 0.3) is 0 Å². The summed E-state index contributed by atoms with van der Waals surface area (Å²) >= 11 is 0. The molecule has 1 heterocycles. The van der Waals surface area contributed by atoms with Gasteiger partial charge >= 0.3 is 0 Å². The number of ether oxygens (including phenoxy) is 1. The first-order valence-electron chi connectivity index (χ1n) is 6.31. The zero-order valence-corrected chi connectivity index (χ0v) is 10.7. The van der Waals surface area contributed by atoms with Gasteiger partial charge in [0.1, 0.15) is 11.8 Å². The highest BCUT2D eigenvalue weighted by molar-refractivity contribution is 5.27. The van der Waals surface area contributed by atoms with E-state index < -0.39 is 0 Å². The summed E-state index contributed by atoms with van der Waals surface area (Å²) < 4.78 is 5.14. The van der Waals surface area contributed by atoms with Crippen LogP contribution >= 0.6 is 0 Å². The van der Waals surface area contributed by atoms with Crippen LogP contribution in [0.3, 0.4) is 0 Å². The van der Waals surface area contributed by atoms with Crippen LogP contribution in [0.4, 0.5) is 0 Å². The Morgan fingerprint density at radius 2 is 2.22 bits per heavy atom. The van der Waals surface area contributed by atoms with Crippen LogP contribution in [0.5, 0.6) is 5.75 Å². The maximum Gasteiger partial charge on any atom is 0.118 e. The molecule has 0 spiro atoms. The molecule has 2 rings (SSSR count). The summed E-state index contributed by atoms with van der Waals surface area (Å²) in [7, 11) is 1.67. The third kappa shape index (κ3) is 3.22. The van der Waals surface area contributed by atoms with Crippen molar-refractivity contribution >= 4 is 0 Å². The molecule has 1 aliphatic heterocycles. The SMILES string of the molecule is COc1ccc(CCN2CCNCC2C#N)cc1. The van der Waals surface area contributed by atoms with E-state index in [2.05, 4.69) is 28.4 Å². The first-order valence-corrected chi connectivity index (χ1v) is 6.31. The molecule has 1 N–H and O–H groups in total. The van der Waals surface area contributed by atoms with E-state index in [-0.39, 0.29) is 6.04 Å². The molecule has 1 aliphatic rings. The molecule has 0 saturated carbocycles. The van der Waals surface area contributed by atoms with Crippen molar-refractivity contribution in [2.24, 2.45) is 0 Å². The minimum Gasteiger partial charge on any atom is -0.497 e. The van der Waals surface area contributed by atoms with Gasteiger partial charge in [-0.1, -0.05) is 12.1 Å². The highest BCUT2D eigenvalue weighted by Gasteiger charge is 2.20. The summed E-state index contributed by atoms with van der Waals surface area (Å²) in [6.45, 7) is 3.64. The van der Waals surface area contributed by atoms with Crippen molar-refractivity contribution in [1.82, 2.24) is 10.2 Å². The van der Waals surface area contributed by atoms with Crippen molar-refractivity contribution < 1.29 is 4.74 Å². The van der Waals surface area contributed by atoms with E-state index in [1.165, 1.54) is 5.56 Å². The molecule has 1 fully saturated rings. The number of rotatable bonds is 4. The summed E-state index contributed by atoms with van der Waals surface area (Å²) in [5.41, 5.74) is 1.28. The molecule has 0 aliphatic carbocycles. The zero-order valence-electron chi connectivity index (χ0n) is 10.7. The van der Waals surface area contributed by atoms with Crippen LogP contribution in [-0.4, -0.2) is 44.2 Å². The number of hydrogen-bond acceptors (Lipinski definition) is 4. The molecule has 1 atom stereocenters. The molecule has 0 aromatic heterocycles. The van der Waals surface area contributed by atoms with Gasteiger partial charge in [-0.2, -0.15) is 5.26 Å². The van der Waals surface area contributed by atoms with E-state index in [9.17, 15) is 0 Å². The topological polar surface area (TPSA) is 48.3 Å². The quantitative estimate of drug-likeness (QED) is 0.861. The Morgan fingerprint density at radius 3 is 2.89 bits per heavy atom. The van der Waals surface area contributed by atoms with E-state index in [1.54, 1.807) is 7.11 Å². The second kappa shape index (κ2) is 6.39. The molecule has 0 radical (unpaired) electrons. The smallest absolute Gasteiger partial charge is 0.118 e. The number of nitrogens with one attached hydrogen (secondary N) is 1. The third-order valence-electron chi connectivity index (χ3n) is 3.35. The summed E-state index contributed by atoms with van der Waals surface area (Å²) in [4.78, 5) is 2.25. The molecule has 4 heteroatoms. The molecule has 0 amide bonds. The largest absolute Gasteiger partial charge is 0.497 e. The maximum atomic E-state index is 9.08. The molecule has 1 aromatic rings. The second-order valence-electron chi connectivity index (χ2n) is 4.48. The van der Waals surface area contributed by atoms with Gasteiger partial charge in [0.2, 0.25) is 0 Å². The molecule has 1 aromatic carbocycles. The highest BCUT2D eigenvalue weighted by Crippen LogP contribution is 2.12. The molecular formula is C14H19N3O. The molecule has 0 bridgehead atoms. The fraction of sp³-hybridized carbons (Fsp3) is 0.500. The van der Waals surface area contributed by atoms with Gasteiger partial charge in [0.15, 0.2) is 0 Å². The van der Waals surface area contributed by atoms with Crippen LogP contribution in [-0.2, 0) is 6.42 Å². The minimum atomic E-state index is 0.0111. The number of hydrogen-bond donors (Lipinski definition) is 1. The third-order valence-corrected chi connectivity index (χ3v) is 3.35. The van der Waals surface area contributed by atoms with Crippen molar-refractivity contribution in [1.29, 1.82) is 5.26 Å². The number of methoxy groups -OCH3 is 1. The zero-order chi connectivity index (χ0) is 12.8. The number of benzene rings is 1. The van der Waals surface area contributed by atoms with Crippen LogP contribution in [0.15, 0.2) is 24.3 Å². The van der Waals surface area contributed by atoms with Gasteiger partial charge in [-0.25, -0.2) is 0 Å². The van der Waals surface area contributed by atoms with Crippen molar-refractivity contribution in [2.45, 2.75) is 12.5 Å². The monoisotopic (exact) mass is 245 g/mol. The van der Waals surface area contributed by atoms with Gasteiger partial charge in [0.05, 0.1) is 13.2 Å². The second-order valence-corrected chi connectivity index (χ2v) is 4.48. The van der Waals surface area contributed by atoms with Gasteiger partial charge in [-0.3, -0.25) is 4.90 Å². The Kier molecular flexibility index (Phi) is 4.57. The lowest BCUT2D eigenvalue weighted by atomic mass is 10.1. The summed E-state index contributed by atoms with van der Waals surface area (Å²) in [6.07, 6.45) is 0.974. The Bertz CT molecular complexity index is 410. The Labute approximate surface area is 108 Å². The standard InChI is InChI=1S/C14H19N3O/c1-18-14-4-2-12(3-5-14)6-8-17-9-7-16-11-13(17)10-15/h2-5,13,16H,6-9,11H2,1H3. The van der Waals surface area contributed by atoms with E-state index in [4.69, 9.17) is 10.00 Å². The fourth-order valence-electron chi connectivity index (χ4n) is 2.21. The fourth-order valence-corrected chi connectivity index (χ4v) is 2.21. The van der Waals surface area contributed by atoms with Crippen molar-refractivity contribution in [3.05, 3.63) is 29.8 Å². The van der Waals surface area contributed by atoms with Crippen LogP contribution in [0, 0.1) is 11.3 Å². The normalized spacial score (nSPS) is 20.3. The summed E-state index contributed by atoms with van der Waals surface area (Å²) in [5.74, 6) is 0.885. The van der Waals surface area contributed by atoms with Gasteiger partial charge in [-0.05, 0) is 24.1 Å². The average molecular weight is 245 g/mol. The van der Waals surface area contributed by atoms with Gasteiger partial charge < -0.3 is 10.1 Å². The summed E-state index contributed by atoms with van der Waals surface area (Å²) in [5, 5.41) is 12.3. The van der Waals surface area contributed by atoms with E-state index in [0.717, 1.165) is 38.3 Å². The van der Waals surface area contributed by atoms with Gasteiger partial charge in [0.25, 0.3) is 0 Å². The van der Waals surface area contributed by atoms with E-state index in [1.807, 2.05) is 12.1 Å². The van der Waals surface area contributed by atoms with Crippen molar-refractivity contribution in [3.8, 4) is 11.8 Å². The number of nitrogens with zero attached hydrogens (tertiary/aromatic N) is 2. The molecule has 1 saturated heterocycles. The first kappa shape index (κ1) is 12.9. The molecule has 18 heavy (non-hydrogen) atoms. The van der Waals surface area contributed by atoms with Crippen molar-refractivity contribution in [3.63, 3.8) is 0 Å². The number of nitriles is 1. The lowest BCUT2D eigenvalue weighted by Gasteiger charge is -2.31. The van der Waals surface area contributed by atoms with Crippen LogP contribution in [0.1, 0.15) is 5.56 Å². The van der Waals surface area contributed by atoms with Gasteiger partial charge in [0, 0.05) is 26.2 Å². The average Bonchev–Trinajstić information content (AvgIpc) is 2.46. The predicted molar refractivity (Wildman–Crippen MR) is 70.5 cm³/mol. The minimum absolute atomic E-state index is 0.0111. The van der Waals surface area contributed by atoms with E-state index in [0.29, 0.717) is 0 Å². The molecule has 4 nitrogen and oxygen atoms in total. The lowest BCUT2D eigenvalue weighted by Crippen LogP contribution is -2.51. The van der Waals surface area contributed by atoms with Crippen LogP contribution < -0.4 is 10.1 Å². The van der Waals surface area contributed by atoms with E-state index >= 15 is 0 Å². The Morgan fingerprint density at radius 1 is 1.44 bits per heavy atom. The number of piperazine rings is 1. The Hall–Kier alpha value is -1.57. The first-order chi connectivity index (χ1) is 8.83. The lowest BCUT2D eigenvalue weighted by molar-refractivity contribution is 0.200. The highest BCUT2D eigenvalue weighted by atomic mass is 16.5. The molecule has 1 unspecified atom stereocenters. The Balaban J connectivity index is 1.88. The molecule has 96 valence electrons. The maximum absolute atomic E-state index is 9.08. The summed E-state index contributed by atoms with van der Waals surface area (Å²) in [6, 6.07) is 10.5. The predicted octanol–water partition coefficient (Wildman–Crippen LogP) is 1.04. The van der Waals surface area contributed by atoms with Crippen molar-refractivity contribution in [2.75, 3.05) is 33.3 Å². The molecular weight excluding hydrogens is 226 g/mol.